The van der Waals surface area contributed by atoms with Crippen LogP contribution >= 0.6 is 0 Å². The van der Waals surface area contributed by atoms with Gasteiger partial charge in [0.05, 0.1) is 6.04 Å². The van der Waals surface area contributed by atoms with Gasteiger partial charge < -0.3 is 10.6 Å². The Morgan fingerprint density at radius 2 is 2.07 bits per heavy atom. The Morgan fingerprint density at radius 1 is 1.50 bits per heavy atom. The van der Waals surface area contributed by atoms with E-state index in [1.807, 2.05) is 11.8 Å². The Balaban J connectivity index is 2.51. The van der Waals surface area contributed by atoms with Gasteiger partial charge in [0.1, 0.15) is 0 Å². The molecule has 0 bridgehead atoms. The molecular formula is C11H22N2O. The molecule has 0 aliphatic heterocycles. The maximum atomic E-state index is 11.9. The third-order valence-electron chi connectivity index (χ3n) is 2.82. The van der Waals surface area contributed by atoms with Crippen LogP contribution in [-0.4, -0.2) is 29.4 Å². The Kier molecular flexibility index (Phi) is 3.93. The summed E-state index contributed by atoms with van der Waals surface area (Å²) in [5.74, 6) is 0.861. The fourth-order valence-electron chi connectivity index (χ4n) is 1.52. The summed E-state index contributed by atoms with van der Waals surface area (Å²) in [6.07, 6.45) is 3.28. The summed E-state index contributed by atoms with van der Waals surface area (Å²) in [6, 6.07) is -0.0307. The molecule has 14 heavy (non-hydrogen) atoms. The number of carbonyl (C=O) groups is 1. The molecule has 0 aromatic carbocycles. The van der Waals surface area contributed by atoms with E-state index in [1.54, 1.807) is 0 Å². The van der Waals surface area contributed by atoms with Crippen LogP contribution in [0.25, 0.3) is 0 Å². The minimum absolute atomic E-state index is 0.120. The number of hydrogen-bond acceptors (Lipinski definition) is 2. The van der Waals surface area contributed by atoms with Crippen LogP contribution in [0.5, 0.6) is 0 Å². The van der Waals surface area contributed by atoms with Crippen LogP contribution in [0, 0.1) is 5.92 Å². The van der Waals surface area contributed by atoms with Crippen molar-refractivity contribution in [3.8, 4) is 0 Å². The van der Waals surface area contributed by atoms with Gasteiger partial charge >= 0.3 is 0 Å². The number of amides is 1. The minimum atomic E-state index is -0.309. The summed E-state index contributed by atoms with van der Waals surface area (Å²) in [7, 11) is 0. The average molecular weight is 198 g/mol. The minimum Gasteiger partial charge on any atom is -0.339 e. The van der Waals surface area contributed by atoms with Gasteiger partial charge in [-0.15, -0.1) is 0 Å². The van der Waals surface area contributed by atoms with Crippen LogP contribution in [0.2, 0.25) is 0 Å². The Hall–Kier alpha value is -0.570. The Bertz CT molecular complexity index is 199. The van der Waals surface area contributed by atoms with E-state index in [2.05, 4.69) is 13.8 Å². The number of nitrogens with two attached hydrogens (primary N) is 1. The van der Waals surface area contributed by atoms with Crippen LogP contribution in [0.3, 0.4) is 0 Å². The molecule has 1 atom stereocenters. The molecule has 0 aromatic heterocycles. The second-order valence-electron chi connectivity index (χ2n) is 4.54. The first-order chi connectivity index (χ1) is 6.56. The summed E-state index contributed by atoms with van der Waals surface area (Å²) < 4.78 is 0. The van der Waals surface area contributed by atoms with Crippen molar-refractivity contribution in [2.75, 3.05) is 6.54 Å². The van der Waals surface area contributed by atoms with Crippen LogP contribution in [0.1, 0.15) is 40.0 Å². The molecule has 0 radical (unpaired) electrons. The number of carbonyl (C=O) groups excluding carboxylic acids is 1. The van der Waals surface area contributed by atoms with Crippen LogP contribution < -0.4 is 5.73 Å². The van der Waals surface area contributed by atoms with Crippen LogP contribution in [0.15, 0.2) is 0 Å². The topological polar surface area (TPSA) is 46.3 Å². The van der Waals surface area contributed by atoms with E-state index < -0.39 is 0 Å². The lowest BCUT2D eigenvalue weighted by atomic mass is 10.1. The summed E-state index contributed by atoms with van der Waals surface area (Å²) >= 11 is 0. The SMILES string of the molecule is CC[C@@H](N)C(=O)N(CC1CC1)C(C)C. The molecule has 0 unspecified atom stereocenters. The Morgan fingerprint density at radius 3 is 2.43 bits per heavy atom. The standard InChI is InChI=1S/C11H22N2O/c1-4-10(12)11(14)13(8(2)3)7-9-5-6-9/h8-10H,4-7,12H2,1-3H3/t10-/m1/s1. The first kappa shape index (κ1) is 11.5. The molecular weight excluding hydrogens is 176 g/mol. The van der Waals surface area contributed by atoms with Gasteiger partial charge in [0.15, 0.2) is 0 Å². The predicted octanol–water partition coefficient (Wildman–Crippen LogP) is 1.37. The van der Waals surface area contributed by atoms with Gasteiger partial charge in [-0.25, -0.2) is 0 Å². The zero-order chi connectivity index (χ0) is 10.7. The number of hydrogen-bond donors (Lipinski definition) is 1. The highest BCUT2D eigenvalue weighted by Gasteiger charge is 2.29. The zero-order valence-corrected chi connectivity index (χ0v) is 9.49. The molecule has 0 saturated heterocycles. The molecule has 1 aliphatic rings. The number of nitrogens with zero attached hydrogens (tertiary/aromatic N) is 1. The van der Waals surface area contributed by atoms with Gasteiger partial charge in [-0.1, -0.05) is 6.92 Å². The van der Waals surface area contributed by atoms with Crippen molar-refractivity contribution >= 4 is 5.91 Å². The molecule has 0 spiro atoms. The predicted molar refractivity (Wildman–Crippen MR) is 57.8 cm³/mol. The average Bonchev–Trinajstić information content (AvgIpc) is 2.95. The van der Waals surface area contributed by atoms with Gasteiger partial charge in [0.2, 0.25) is 5.91 Å². The maximum Gasteiger partial charge on any atom is 0.239 e. The molecule has 1 fully saturated rings. The van der Waals surface area contributed by atoms with Crippen LogP contribution in [0.4, 0.5) is 0 Å². The summed E-state index contributed by atoms with van der Waals surface area (Å²) in [5, 5.41) is 0. The molecule has 0 heterocycles. The van der Waals surface area contributed by atoms with Crippen molar-refractivity contribution in [2.45, 2.75) is 52.1 Å². The monoisotopic (exact) mass is 198 g/mol. The molecule has 82 valence electrons. The van der Waals surface area contributed by atoms with Crippen LogP contribution in [-0.2, 0) is 4.79 Å². The van der Waals surface area contributed by atoms with Crippen molar-refractivity contribution in [2.24, 2.45) is 11.7 Å². The van der Waals surface area contributed by atoms with Crippen molar-refractivity contribution in [3.63, 3.8) is 0 Å². The van der Waals surface area contributed by atoms with E-state index in [-0.39, 0.29) is 18.0 Å². The van der Waals surface area contributed by atoms with Gasteiger partial charge in [-0.05, 0) is 39.0 Å². The van der Waals surface area contributed by atoms with Gasteiger partial charge in [-0.3, -0.25) is 4.79 Å². The van der Waals surface area contributed by atoms with Crippen molar-refractivity contribution in [1.29, 1.82) is 0 Å². The number of rotatable bonds is 5. The highest BCUT2D eigenvalue weighted by Crippen LogP contribution is 2.30. The largest absolute Gasteiger partial charge is 0.339 e. The van der Waals surface area contributed by atoms with E-state index >= 15 is 0 Å². The molecule has 1 aliphatic carbocycles. The van der Waals surface area contributed by atoms with E-state index in [0.717, 1.165) is 18.9 Å². The van der Waals surface area contributed by atoms with Gasteiger partial charge in [0.25, 0.3) is 0 Å². The van der Waals surface area contributed by atoms with E-state index in [9.17, 15) is 4.79 Å². The summed E-state index contributed by atoms with van der Waals surface area (Å²) in [6.45, 7) is 6.98. The molecule has 1 rings (SSSR count). The van der Waals surface area contributed by atoms with Crippen molar-refractivity contribution < 1.29 is 4.79 Å². The van der Waals surface area contributed by atoms with E-state index in [1.165, 1.54) is 12.8 Å². The molecule has 1 saturated carbocycles. The van der Waals surface area contributed by atoms with Gasteiger partial charge in [0, 0.05) is 12.6 Å². The highest BCUT2D eigenvalue weighted by atomic mass is 16.2. The van der Waals surface area contributed by atoms with E-state index in [4.69, 9.17) is 5.73 Å². The molecule has 0 aromatic rings. The lowest BCUT2D eigenvalue weighted by Crippen LogP contribution is -2.47. The second kappa shape index (κ2) is 4.78. The quantitative estimate of drug-likeness (QED) is 0.725. The van der Waals surface area contributed by atoms with Crippen molar-refractivity contribution in [1.82, 2.24) is 4.90 Å². The lowest BCUT2D eigenvalue weighted by Gasteiger charge is -2.29. The summed E-state index contributed by atoms with van der Waals surface area (Å²) in [5.41, 5.74) is 5.76. The van der Waals surface area contributed by atoms with E-state index in [0.29, 0.717) is 0 Å². The highest BCUT2D eigenvalue weighted by molar-refractivity contribution is 5.81. The fourth-order valence-corrected chi connectivity index (χ4v) is 1.52. The van der Waals surface area contributed by atoms with Gasteiger partial charge in [-0.2, -0.15) is 0 Å². The first-order valence-corrected chi connectivity index (χ1v) is 5.62. The Labute approximate surface area is 86.6 Å². The lowest BCUT2D eigenvalue weighted by molar-refractivity contribution is -0.134. The van der Waals surface area contributed by atoms with Crippen molar-refractivity contribution in [3.05, 3.63) is 0 Å². The fraction of sp³-hybridized carbons (Fsp3) is 0.909. The molecule has 3 nitrogen and oxygen atoms in total. The maximum absolute atomic E-state index is 11.9. The third kappa shape index (κ3) is 2.98. The zero-order valence-electron chi connectivity index (χ0n) is 9.49. The molecule has 3 heteroatoms. The molecule has 1 amide bonds. The third-order valence-corrected chi connectivity index (χ3v) is 2.82. The molecule has 2 N–H and O–H groups in total. The normalized spacial score (nSPS) is 18.4. The first-order valence-electron chi connectivity index (χ1n) is 5.62. The smallest absolute Gasteiger partial charge is 0.239 e. The summed E-state index contributed by atoms with van der Waals surface area (Å²) in [4.78, 5) is 13.8. The second-order valence-corrected chi connectivity index (χ2v) is 4.54.